The Morgan fingerprint density at radius 2 is 2.55 bits per heavy atom. The summed E-state index contributed by atoms with van der Waals surface area (Å²) < 4.78 is 9.99. The highest BCUT2D eigenvalue weighted by molar-refractivity contribution is 5.67. The Balaban J connectivity index is 1.98. The van der Waals surface area contributed by atoms with Crippen molar-refractivity contribution >= 4 is 5.97 Å². The summed E-state index contributed by atoms with van der Waals surface area (Å²) in [5.74, 6) is -0.515. The average molecular weight is 160 g/mol. The molecular weight excluding hydrogens is 148 g/mol. The van der Waals surface area contributed by atoms with Crippen LogP contribution in [0.2, 0.25) is 0 Å². The van der Waals surface area contributed by atoms with Gasteiger partial charge in [-0.1, -0.05) is 0 Å². The van der Waals surface area contributed by atoms with E-state index in [1.165, 1.54) is 0 Å². The highest BCUT2D eigenvalue weighted by Gasteiger charge is 2.15. The second-order valence-electron chi connectivity index (χ2n) is 2.64. The maximum Gasteiger partial charge on any atom is 0.329 e. The normalized spacial score (nSPS) is 23.8. The summed E-state index contributed by atoms with van der Waals surface area (Å²) in [6, 6.07) is 0. The van der Waals surface area contributed by atoms with Gasteiger partial charge in [0.15, 0.2) is 0 Å². The largest absolute Gasteiger partial charge is 0.480 e. The van der Waals surface area contributed by atoms with Crippen molar-refractivity contribution in [1.82, 2.24) is 0 Å². The Hall–Kier alpha value is -0.610. The quantitative estimate of drug-likeness (QED) is 0.634. The van der Waals surface area contributed by atoms with E-state index in [-0.39, 0.29) is 6.61 Å². The summed E-state index contributed by atoms with van der Waals surface area (Å²) in [6.07, 6.45) is 0.986. The van der Waals surface area contributed by atoms with Crippen molar-refractivity contribution in [2.45, 2.75) is 6.42 Å². The van der Waals surface area contributed by atoms with E-state index in [2.05, 4.69) is 0 Å². The van der Waals surface area contributed by atoms with E-state index >= 15 is 0 Å². The number of carboxylic acid groups (broad SMARTS) is 1. The molecule has 1 aliphatic heterocycles. The third-order valence-corrected chi connectivity index (χ3v) is 1.60. The number of hydrogen-bond acceptors (Lipinski definition) is 3. The first kappa shape index (κ1) is 8.49. The summed E-state index contributed by atoms with van der Waals surface area (Å²) >= 11 is 0. The van der Waals surface area contributed by atoms with E-state index in [4.69, 9.17) is 14.6 Å². The first-order valence-electron chi connectivity index (χ1n) is 3.66. The highest BCUT2D eigenvalue weighted by atomic mass is 16.5. The lowest BCUT2D eigenvalue weighted by Gasteiger charge is -2.05. The van der Waals surface area contributed by atoms with Crippen LogP contribution in [0.4, 0.5) is 0 Å². The molecule has 0 unspecified atom stereocenters. The van der Waals surface area contributed by atoms with Gasteiger partial charge in [-0.25, -0.2) is 4.79 Å². The molecule has 64 valence electrons. The molecular formula is C7H12O4. The van der Waals surface area contributed by atoms with Crippen LogP contribution < -0.4 is 0 Å². The van der Waals surface area contributed by atoms with Crippen molar-refractivity contribution in [1.29, 1.82) is 0 Å². The molecule has 0 aromatic heterocycles. The van der Waals surface area contributed by atoms with E-state index in [1.807, 2.05) is 0 Å². The van der Waals surface area contributed by atoms with Crippen molar-refractivity contribution in [3.63, 3.8) is 0 Å². The zero-order valence-electron chi connectivity index (χ0n) is 6.28. The summed E-state index contributed by atoms with van der Waals surface area (Å²) in [7, 11) is 0. The molecule has 1 fully saturated rings. The van der Waals surface area contributed by atoms with Crippen LogP contribution in [-0.2, 0) is 14.3 Å². The fraction of sp³-hybridized carbons (Fsp3) is 0.857. The fourth-order valence-electron chi connectivity index (χ4n) is 1.03. The number of carboxylic acids is 1. The molecule has 4 nitrogen and oxygen atoms in total. The molecule has 1 aliphatic rings. The van der Waals surface area contributed by atoms with Gasteiger partial charge in [0.25, 0.3) is 0 Å². The van der Waals surface area contributed by atoms with Gasteiger partial charge in [-0.2, -0.15) is 0 Å². The van der Waals surface area contributed by atoms with Crippen LogP contribution in [0.25, 0.3) is 0 Å². The van der Waals surface area contributed by atoms with Gasteiger partial charge in [-0.05, 0) is 6.42 Å². The van der Waals surface area contributed by atoms with Gasteiger partial charge in [0, 0.05) is 12.5 Å². The maximum atomic E-state index is 10.0. The molecule has 0 aliphatic carbocycles. The van der Waals surface area contributed by atoms with Gasteiger partial charge in [0.2, 0.25) is 0 Å². The molecule has 1 rings (SSSR count). The Labute approximate surface area is 65.1 Å². The predicted octanol–water partition coefficient (Wildman–Crippen LogP) is 0.124. The lowest BCUT2D eigenvalue weighted by atomic mass is 10.1. The van der Waals surface area contributed by atoms with E-state index in [0.717, 1.165) is 13.0 Å². The first-order chi connectivity index (χ1) is 5.29. The zero-order valence-corrected chi connectivity index (χ0v) is 6.28. The minimum atomic E-state index is -0.913. The first-order valence-corrected chi connectivity index (χ1v) is 3.66. The number of carbonyl (C=O) groups is 1. The Morgan fingerprint density at radius 1 is 1.73 bits per heavy atom. The number of aliphatic carboxylic acids is 1. The minimum absolute atomic E-state index is 0.198. The lowest BCUT2D eigenvalue weighted by Crippen LogP contribution is -2.14. The minimum Gasteiger partial charge on any atom is -0.480 e. The monoisotopic (exact) mass is 160 g/mol. The van der Waals surface area contributed by atoms with Crippen molar-refractivity contribution in [2.24, 2.45) is 5.92 Å². The topological polar surface area (TPSA) is 55.8 Å². The van der Waals surface area contributed by atoms with Crippen LogP contribution in [0.3, 0.4) is 0 Å². The smallest absolute Gasteiger partial charge is 0.329 e. The molecule has 4 heteroatoms. The maximum absolute atomic E-state index is 10.0. The van der Waals surface area contributed by atoms with Gasteiger partial charge in [0.05, 0.1) is 13.2 Å². The van der Waals surface area contributed by atoms with Crippen molar-refractivity contribution in [2.75, 3.05) is 26.4 Å². The molecule has 1 atom stereocenters. The molecule has 0 saturated carbocycles. The van der Waals surface area contributed by atoms with Crippen LogP contribution >= 0.6 is 0 Å². The van der Waals surface area contributed by atoms with Crippen LogP contribution in [0, 0.1) is 5.92 Å². The van der Waals surface area contributed by atoms with Crippen LogP contribution in [-0.4, -0.2) is 37.5 Å². The zero-order chi connectivity index (χ0) is 8.10. The molecule has 1 saturated heterocycles. The Kier molecular flexibility index (Phi) is 3.32. The molecule has 1 heterocycles. The Morgan fingerprint density at radius 3 is 3.09 bits per heavy atom. The fourth-order valence-corrected chi connectivity index (χ4v) is 1.03. The summed E-state index contributed by atoms with van der Waals surface area (Å²) in [5, 5.41) is 8.23. The van der Waals surface area contributed by atoms with Crippen LogP contribution in [0.1, 0.15) is 6.42 Å². The summed E-state index contributed by atoms with van der Waals surface area (Å²) in [5.41, 5.74) is 0. The molecule has 11 heavy (non-hydrogen) atoms. The van der Waals surface area contributed by atoms with Gasteiger partial charge in [0.1, 0.15) is 6.61 Å². The average Bonchev–Trinajstić information content (AvgIpc) is 2.39. The van der Waals surface area contributed by atoms with Gasteiger partial charge in [-0.15, -0.1) is 0 Å². The Bertz CT molecular complexity index is 128. The lowest BCUT2D eigenvalue weighted by molar-refractivity contribution is -0.142. The second kappa shape index (κ2) is 4.31. The standard InChI is InChI=1S/C7H12O4/c8-7(9)5-11-4-6-1-2-10-3-6/h6H,1-5H2,(H,8,9)/t6-/m1/s1. The molecule has 0 bridgehead atoms. The third-order valence-electron chi connectivity index (χ3n) is 1.60. The van der Waals surface area contributed by atoms with Crippen LogP contribution in [0.15, 0.2) is 0 Å². The number of rotatable bonds is 4. The van der Waals surface area contributed by atoms with E-state index in [0.29, 0.717) is 19.1 Å². The number of hydrogen-bond donors (Lipinski definition) is 1. The molecule has 0 aromatic rings. The van der Waals surface area contributed by atoms with E-state index < -0.39 is 5.97 Å². The highest BCUT2D eigenvalue weighted by Crippen LogP contribution is 2.11. The van der Waals surface area contributed by atoms with Crippen LogP contribution in [0.5, 0.6) is 0 Å². The van der Waals surface area contributed by atoms with Crippen molar-refractivity contribution < 1.29 is 19.4 Å². The molecule has 1 N–H and O–H groups in total. The van der Waals surface area contributed by atoms with E-state index in [9.17, 15) is 4.79 Å². The third kappa shape index (κ3) is 3.34. The van der Waals surface area contributed by atoms with Gasteiger partial charge >= 0.3 is 5.97 Å². The summed E-state index contributed by atoms with van der Waals surface area (Å²) in [6.45, 7) is 1.80. The number of ether oxygens (including phenoxy) is 2. The predicted molar refractivity (Wildman–Crippen MR) is 37.4 cm³/mol. The van der Waals surface area contributed by atoms with E-state index in [1.54, 1.807) is 0 Å². The molecule has 0 radical (unpaired) electrons. The summed E-state index contributed by atoms with van der Waals surface area (Å²) in [4.78, 5) is 10.0. The van der Waals surface area contributed by atoms with Crippen molar-refractivity contribution in [3.05, 3.63) is 0 Å². The molecule has 0 aromatic carbocycles. The van der Waals surface area contributed by atoms with Crippen molar-refractivity contribution in [3.8, 4) is 0 Å². The molecule has 0 spiro atoms. The SMILES string of the molecule is O=C(O)COC[C@@H]1CCOC1. The second-order valence-corrected chi connectivity index (χ2v) is 2.64. The van der Waals surface area contributed by atoms with Gasteiger partial charge in [-0.3, -0.25) is 0 Å². The molecule has 0 amide bonds. The van der Waals surface area contributed by atoms with Gasteiger partial charge < -0.3 is 14.6 Å².